The summed E-state index contributed by atoms with van der Waals surface area (Å²) in [5.41, 5.74) is 1.10. The van der Waals surface area contributed by atoms with Gasteiger partial charge >= 0.3 is 5.97 Å². The highest BCUT2D eigenvalue weighted by Crippen LogP contribution is 2.31. The summed E-state index contributed by atoms with van der Waals surface area (Å²) in [6.07, 6.45) is 0.515. The first-order valence-electron chi connectivity index (χ1n) is 8.27. The number of carbonyl (C=O) groups is 2. The molecule has 7 nitrogen and oxygen atoms in total. The number of carbonyl (C=O) groups excluding carboxylic acids is 1. The van der Waals surface area contributed by atoms with Crippen molar-refractivity contribution in [3.05, 3.63) is 48.0 Å². The second kappa shape index (κ2) is 8.24. The van der Waals surface area contributed by atoms with E-state index in [0.717, 1.165) is 0 Å². The minimum Gasteiger partial charge on any atom is -0.494 e. The molecule has 7 heteroatoms. The van der Waals surface area contributed by atoms with E-state index in [-0.39, 0.29) is 12.3 Å². The average Bonchev–Trinajstić information content (AvgIpc) is 2.66. The van der Waals surface area contributed by atoms with Crippen LogP contribution in [0.4, 0.5) is 5.69 Å². The van der Waals surface area contributed by atoms with E-state index in [9.17, 15) is 9.59 Å². The number of aliphatic carboxylic acids is 1. The van der Waals surface area contributed by atoms with Crippen LogP contribution in [0.1, 0.15) is 23.2 Å². The lowest BCUT2D eigenvalue weighted by atomic mass is 10.1. The molecule has 0 aliphatic carbocycles. The lowest BCUT2D eigenvalue weighted by molar-refractivity contribution is -0.137. The van der Waals surface area contributed by atoms with Gasteiger partial charge in [-0.05, 0) is 48.9 Å². The van der Waals surface area contributed by atoms with Crippen LogP contribution >= 0.6 is 0 Å². The number of nitrogens with one attached hydrogen (secondary N) is 1. The summed E-state index contributed by atoms with van der Waals surface area (Å²) in [4.78, 5) is 22.8. The fourth-order valence-electron chi connectivity index (χ4n) is 2.44. The molecule has 0 unspecified atom stereocenters. The number of fused-ring (bicyclic) bond motifs is 1. The number of rotatable bonds is 7. The van der Waals surface area contributed by atoms with E-state index >= 15 is 0 Å². The van der Waals surface area contributed by atoms with Crippen LogP contribution in [-0.4, -0.2) is 36.8 Å². The summed E-state index contributed by atoms with van der Waals surface area (Å²) in [7, 11) is 0. The molecular formula is C19H19NO6. The van der Waals surface area contributed by atoms with Gasteiger partial charge in [0.2, 0.25) is 0 Å². The van der Waals surface area contributed by atoms with Crippen LogP contribution in [-0.2, 0) is 4.79 Å². The Morgan fingerprint density at radius 3 is 2.50 bits per heavy atom. The Balaban J connectivity index is 1.55. The first-order chi connectivity index (χ1) is 12.6. The zero-order chi connectivity index (χ0) is 18.4. The van der Waals surface area contributed by atoms with Crippen molar-refractivity contribution in [3.8, 4) is 17.2 Å². The largest absolute Gasteiger partial charge is 0.494 e. The van der Waals surface area contributed by atoms with Crippen molar-refractivity contribution in [2.45, 2.75) is 12.8 Å². The Labute approximate surface area is 150 Å². The Kier molecular flexibility index (Phi) is 5.58. The summed E-state index contributed by atoms with van der Waals surface area (Å²) in [6.45, 7) is 1.30. The number of benzene rings is 2. The maximum Gasteiger partial charge on any atom is 0.303 e. The van der Waals surface area contributed by atoms with Crippen molar-refractivity contribution in [2.24, 2.45) is 0 Å². The molecule has 0 bridgehead atoms. The first-order valence-corrected chi connectivity index (χ1v) is 8.27. The Bertz CT molecular complexity index is 787. The smallest absolute Gasteiger partial charge is 0.303 e. The van der Waals surface area contributed by atoms with E-state index in [1.807, 2.05) is 0 Å². The number of anilines is 1. The van der Waals surface area contributed by atoms with Crippen LogP contribution in [0.15, 0.2) is 42.5 Å². The van der Waals surface area contributed by atoms with Crippen LogP contribution < -0.4 is 19.5 Å². The van der Waals surface area contributed by atoms with Crippen LogP contribution in [0.5, 0.6) is 17.2 Å². The second-order valence-electron chi connectivity index (χ2n) is 5.68. The van der Waals surface area contributed by atoms with Crippen molar-refractivity contribution in [1.82, 2.24) is 0 Å². The van der Waals surface area contributed by atoms with Crippen LogP contribution in [0.2, 0.25) is 0 Å². The van der Waals surface area contributed by atoms with Gasteiger partial charge in [-0.3, -0.25) is 9.59 Å². The van der Waals surface area contributed by atoms with Crippen LogP contribution in [0.25, 0.3) is 0 Å². The Hall–Kier alpha value is -3.22. The summed E-state index contributed by atoms with van der Waals surface area (Å²) in [6, 6.07) is 12.0. The molecule has 2 aromatic rings. The molecule has 136 valence electrons. The molecule has 0 radical (unpaired) electrons. The highest BCUT2D eigenvalue weighted by atomic mass is 16.6. The third-order valence-electron chi connectivity index (χ3n) is 3.72. The number of hydrogen-bond acceptors (Lipinski definition) is 5. The molecule has 1 aliphatic heterocycles. The quantitative estimate of drug-likeness (QED) is 0.740. The maximum absolute atomic E-state index is 12.4. The van der Waals surface area contributed by atoms with E-state index in [2.05, 4.69) is 5.32 Å². The summed E-state index contributed by atoms with van der Waals surface area (Å²) in [5, 5.41) is 11.4. The average molecular weight is 357 g/mol. The minimum atomic E-state index is -0.842. The van der Waals surface area contributed by atoms with Gasteiger partial charge in [0.15, 0.2) is 11.5 Å². The molecule has 0 spiro atoms. The van der Waals surface area contributed by atoms with Gasteiger partial charge in [0.1, 0.15) is 19.0 Å². The van der Waals surface area contributed by atoms with Crippen molar-refractivity contribution >= 4 is 17.6 Å². The molecule has 0 saturated heterocycles. The summed E-state index contributed by atoms with van der Waals surface area (Å²) >= 11 is 0. The highest BCUT2D eigenvalue weighted by molar-refractivity contribution is 6.04. The maximum atomic E-state index is 12.4. The second-order valence-corrected chi connectivity index (χ2v) is 5.68. The van der Waals surface area contributed by atoms with Gasteiger partial charge in [-0.25, -0.2) is 0 Å². The van der Waals surface area contributed by atoms with Gasteiger partial charge < -0.3 is 24.6 Å². The molecule has 0 saturated carbocycles. The molecule has 3 rings (SSSR count). The fourth-order valence-corrected chi connectivity index (χ4v) is 2.44. The lowest BCUT2D eigenvalue weighted by Gasteiger charge is -2.18. The Morgan fingerprint density at radius 2 is 1.77 bits per heavy atom. The molecule has 0 fully saturated rings. The SMILES string of the molecule is O=C(O)CCCOc1ccc(NC(=O)c2ccc3c(c2)OCCO3)cc1. The van der Waals surface area contributed by atoms with Crippen molar-refractivity contribution in [3.63, 3.8) is 0 Å². The lowest BCUT2D eigenvalue weighted by Crippen LogP contribution is -2.17. The van der Waals surface area contributed by atoms with Gasteiger partial charge in [0.25, 0.3) is 5.91 Å². The predicted molar refractivity (Wildman–Crippen MR) is 94.2 cm³/mol. The predicted octanol–water partition coefficient (Wildman–Crippen LogP) is 2.95. The molecule has 2 aromatic carbocycles. The third-order valence-corrected chi connectivity index (χ3v) is 3.72. The standard InChI is InChI=1S/C19H19NO6/c21-18(22)2-1-9-24-15-6-4-14(5-7-15)20-19(23)13-3-8-16-17(12-13)26-11-10-25-16/h3-8,12H,1-2,9-11H2,(H,20,23)(H,21,22). The number of ether oxygens (including phenoxy) is 3. The minimum absolute atomic E-state index is 0.0731. The molecule has 1 heterocycles. The molecular weight excluding hydrogens is 338 g/mol. The monoisotopic (exact) mass is 357 g/mol. The molecule has 0 aromatic heterocycles. The van der Waals surface area contributed by atoms with Crippen molar-refractivity contribution < 1.29 is 28.9 Å². The van der Waals surface area contributed by atoms with Crippen LogP contribution in [0.3, 0.4) is 0 Å². The number of carboxylic acid groups (broad SMARTS) is 1. The highest BCUT2D eigenvalue weighted by Gasteiger charge is 2.15. The van der Waals surface area contributed by atoms with E-state index in [0.29, 0.717) is 54.7 Å². The molecule has 1 aliphatic rings. The van der Waals surface area contributed by atoms with Gasteiger partial charge in [0.05, 0.1) is 6.61 Å². The van der Waals surface area contributed by atoms with Crippen LogP contribution in [0, 0.1) is 0 Å². The first kappa shape index (κ1) is 17.6. The van der Waals surface area contributed by atoms with Crippen molar-refractivity contribution in [1.29, 1.82) is 0 Å². The van der Waals surface area contributed by atoms with E-state index in [1.165, 1.54) is 0 Å². The number of hydrogen-bond donors (Lipinski definition) is 2. The summed E-state index contributed by atoms with van der Waals surface area (Å²) < 4.78 is 16.4. The topological polar surface area (TPSA) is 94.1 Å². The van der Waals surface area contributed by atoms with E-state index in [4.69, 9.17) is 19.3 Å². The normalized spacial score (nSPS) is 12.3. The molecule has 2 N–H and O–H groups in total. The number of amides is 1. The zero-order valence-corrected chi connectivity index (χ0v) is 14.1. The number of carboxylic acids is 1. The molecule has 26 heavy (non-hydrogen) atoms. The van der Waals surface area contributed by atoms with Crippen molar-refractivity contribution in [2.75, 3.05) is 25.1 Å². The molecule has 1 amide bonds. The fraction of sp³-hybridized carbons (Fsp3) is 0.263. The molecule has 0 atom stereocenters. The van der Waals surface area contributed by atoms with E-state index in [1.54, 1.807) is 42.5 Å². The van der Waals surface area contributed by atoms with Gasteiger partial charge in [-0.15, -0.1) is 0 Å². The van der Waals surface area contributed by atoms with Gasteiger partial charge in [0, 0.05) is 17.7 Å². The van der Waals surface area contributed by atoms with E-state index < -0.39 is 5.97 Å². The summed E-state index contributed by atoms with van der Waals surface area (Å²) in [5.74, 6) is 0.724. The third kappa shape index (κ3) is 4.66. The van der Waals surface area contributed by atoms with Gasteiger partial charge in [-0.1, -0.05) is 0 Å². The zero-order valence-electron chi connectivity index (χ0n) is 14.1. The van der Waals surface area contributed by atoms with Gasteiger partial charge in [-0.2, -0.15) is 0 Å². The Morgan fingerprint density at radius 1 is 1.04 bits per heavy atom.